The van der Waals surface area contributed by atoms with Gasteiger partial charge >= 0.3 is 5.97 Å². The van der Waals surface area contributed by atoms with Crippen molar-refractivity contribution >= 4 is 28.5 Å². The van der Waals surface area contributed by atoms with Crippen molar-refractivity contribution in [1.29, 1.82) is 0 Å². The number of ether oxygens (including phenoxy) is 1. The maximum Gasteiger partial charge on any atom is 0.344 e. The highest BCUT2D eigenvalue weighted by atomic mass is 16.5. The van der Waals surface area contributed by atoms with Gasteiger partial charge in [-0.3, -0.25) is 9.20 Å². The number of carbonyl (C=O) groups excluding carboxylic acids is 1. The second-order valence-corrected chi connectivity index (χ2v) is 5.58. The van der Waals surface area contributed by atoms with Crippen LogP contribution in [0.2, 0.25) is 0 Å². The first-order valence-corrected chi connectivity index (χ1v) is 7.91. The first-order valence-electron chi connectivity index (χ1n) is 7.91. The van der Waals surface area contributed by atoms with Crippen LogP contribution in [-0.2, 0) is 11.3 Å². The molecule has 0 amide bonds. The van der Waals surface area contributed by atoms with Gasteiger partial charge < -0.3 is 15.6 Å². The number of nitrogens with zero attached hydrogens (tertiary/aromatic N) is 3. The predicted octanol–water partition coefficient (Wildman–Crippen LogP) is 0.195. The van der Waals surface area contributed by atoms with Gasteiger partial charge in [0.05, 0.1) is 19.8 Å². The highest BCUT2D eigenvalue weighted by Crippen LogP contribution is 2.16. The summed E-state index contributed by atoms with van der Waals surface area (Å²) >= 11 is 0. The molecular weight excluding hydrogens is 324 g/mol. The molecule has 0 bridgehead atoms. The molecule has 25 heavy (non-hydrogen) atoms. The van der Waals surface area contributed by atoms with E-state index < -0.39 is 5.97 Å². The van der Waals surface area contributed by atoms with E-state index in [1.165, 1.54) is 15.0 Å². The molecule has 0 unspecified atom stereocenters. The van der Waals surface area contributed by atoms with E-state index in [2.05, 4.69) is 4.98 Å². The number of hydrogen-bond acceptors (Lipinski definition) is 6. The Bertz CT molecular complexity index is 1040. The molecule has 3 aromatic rings. The fourth-order valence-corrected chi connectivity index (χ4v) is 2.81. The van der Waals surface area contributed by atoms with Crippen molar-refractivity contribution < 1.29 is 19.2 Å². The molecule has 3 aromatic heterocycles. The van der Waals surface area contributed by atoms with Crippen LogP contribution in [0.15, 0.2) is 29.2 Å². The Hall–Kier alpha value is -3.00. The normalized spacial score (nSPS) is 11.2. The summed E-state index contributed by atoms with van der Waals surface area (Å²) in [7, 11) is 0. The number of carbonyl (C=O) groups is 1. The third-order valence-electron chi connectivity index (χ3n) is 3.99. The van der Waals surface area contributed by atoms with E-state index in [1.54, 1.807) is 19.2 Å². The molecule has 8 nitrogen and oxygen atoms in total. The Balaban J connectivity index is 2.47. The maximum atomic E-state index is 12.9. The lowest BCUT2D eigenvalue weighted by Gasteiger charge is -2.11. The van der Waals surface area contributed by atoms with E-state index in [9.17, 15) is 14.7 Å². The number of nitrogen functional groups attached to an aromatic ring is 1. The smallest absolute Gasteiger partial charge is 0.344 e. The number of hydrogen-bond donors (Lipinski definition) is 2. The molecule has 0 aliphatic carbocycles. The highest BCUT2D eigenvalue weighted by Gasteiger charge is 2.25. The van der Waals surface area contributed by atoms with Crippen molar-refractivity contribution in [3.63, 3.8) is 0 Å². The van der Waals surface area contributed by atoms with Gasteiger partial charge in [-0.1, -0.05) is 11.1 Å². The number of rotatable bonds is 4. The number of aliphatic hydroxyl groups excluding tert-OH is 1. The van der Waals surface area contributed by atoms with E-state index in [4.69, 9.17) is 10.5 Å². The molecule has 3 N–H and O–H groups in total. The van der Waals surface area contributed by atoms with E-state index in [-0.39, 0.29) is 42.1 Å². The van der Waals surface area contributed by atoms with Gasteiger partial charge in [-0.25, -0.2) is 9.36 Å². The molecule has 0 saturated heterocycles. The Labute approximate surface area is 143 Å². The molecule has 0 spiro atoms. The Morgan fingerprint density at radius 2 is 2.24 bits per heavy atom. The molecule has 3 heterocycles. The Kier molecular flexibility index (Phi) is 4.37. The zero-order chi connectivity index (χ0) is 18.1. The van der Waals surface area contributed by atoms with Gasteiger partial charge in [0, 0.05) is 11.8 Å². The number of aryl methyl sites for hydroxylation is 1. The average molecular weight is 343 g/mol. The molecule has 0 atom stereocenters. The molecule has 130 valence electrons. The van der Waals surface area contributed by atoms with Crippen LogP contribution in [0.5, 0.6) is 0 Å². The first-order chi connectivity index (χ1) is 12.0. The zero-order valence-corrected chi connectivity index (χ0v) is 14.0. The molecule has 3 rings (SSSR count). The van der Waals surface area contributed by atoms with E-state index in [0.717, 1.165) is 5.56 Å². The molecular formula is C17H19N4O4+. The number of esters is 1. The molecule has 0 aliphatic heterocycles. The first kappa shape index (κ1) is 16.8. The van der Waals surface area contributed by atoms with Crippen LogP contribution in [0, 0.1) is 6.92 Å². The molecule has 0 fully saturated rings. The minimum Gasteiger partial charge on any atom is -0.462 e. The van der Waals surface area contributed by atoms with Crippen LogP contribution < -0.4 is 15.9 Å². The summed E-state index contributed by atoms with van der Waals surface area (Å²) in [4.78, 5) is 29.6. The number of aromatic nitrogens is 3. The highest BCUT2D eigenvalue weighted by molar-refractivity contribution is 5.96. The summed E-state index contributed by atoms with van der Waals surface area (Å²) < 4.78 is 7.90. The van der Waals surface area contributed by atoms with Crippen LogP contribution in [-0.4, -0.2) is 33.7 Å². The van der Waals surface area contributed by atoms with Crippen LogP contribution in [0.4, 0.5) is 5.82 Å². The summed E-state index contributed by atoms with van der Waals surface area (Å²) in [6.07, 6.45) is 1.62. The largest absolute Gasteiger partial charge is 0.462 e. The van der Waals surface area contributed by atoms with Gasteiger partial charge in [0.25, 0.3) is 11.2 Å². The van der Waals surface area contributed by atoms with Crippen molar-refractivity contribution in [2.75, 3.05) is 18.9 Å². The molecule has 0 aromatic carbocycles. The minimum absolute atomic E-state index is 0.0781. The maximum absolute atomic E-state index is 12.9. The fraction of sp³-hybridized carbons (Fsp3) is 0.294. The van der Waals surface area contributed by atoms with Gasteiger partial charge in [0.2, 0.25) is 11.5 Å². The summed E-state index contributed by atoms with van der Waals surface area (Å²) in [5, 5.41) is 9.60. The topological polar surface area (TPSA) is 111 Å². The Morgan fingerprint density at radius 3 is 2.92 bits per heavy atom. The van der Waals surface area contributed by atoms with Gasteiger partial charge in [-0.2, -0.15) is 0 Å². The van der Waals surface area contributed by atoms with Crippen LogP contribution in [0.3, 0.4) is 0 Å². The van der Waals surface area contributed by atoms with Gasteiger partial charge in [0.1, 0.15) is 10.9 Å². The van der Waals surface area contributed by atoms with Gasteiger partial charge in [-0.15, -0.1) is 0 Å². The second kappa shape index (κ2) is 6.48. The molecule has 8 heteroatoms. The Morgan fingerprint density at radius 1 is 1.48 bits per heavy atom. The summed E-state index contributed by atoms with van der Waals surface area (Å²) in [6, 6.07) is 5.00. The van der Waals surface area contributed by atoms with E-state index in [0.29, 0.717) is 11.3 Å². The van der Waals surface area contributed by atoms with Crippen LogP contribution in [0.1, 0.15) is 22.8 Å². The van der Waals surface area contributed by atoms with E-state index in [1.807, 2.05) is 13.0 Å². The standard InChI is InChI=1S/C17H18N4O4/c1-3-25-17(24)11-9-12-15(20(7-8-22)13(11)18)19-14-10(2)5-4-6-21(14)16(12)23/h4-6,9,18,22H,3,7-8H2,1-2H3/p+1. The average Bonchev–Trinajstić information content (AvgIpc) is 2.59. The van der Waals surface area contributed by atoms with Crippen molar-refractivity contribution in [1.82, 2.24) is 9.38 Å². The van der Waals surface area contributed by atoms with Gasteiger partial charge in [-0.05, 0) is 26.0 Å². The third-order valence-corrected chi connectivity index (χ3v) is 3.99. The monoisotopic (exact) mass is 343 g/mol. The lowest BCUT2D eigenvalue weighted by Crippen LogP contribution is -2.43. The predicted molar refractivity (Wildman–Crippen MR) is 91.4 cm³/mol. The number of aliphatic hydroxyl groups is 1. The lowest BCUT2D eigenvalue weighted by atomic mass is 10.2. The van der Waals surface area contributed by atoms with E-state index >= 15 is 0 Å². The van der Waals surface area contributed by atoms with Crippen molar-refractivity contribution in [3.8, 4) is 0 Å². The van der Waals surface area contributed by atoms with Crippen molar-refractivity contribution in [2.24, 2.45) is 0 Å². The van der Waals surface area contributed by atoms with Crippen LogP contribution >= 0.6 is 0 Å². The molecule has 0 radical (unpaired) electrons. The SMILES string of the molecule is CCOC(=O)c1cc2c(=O)n3cccc(C)c3nc2[n+](CCO)c1N. The summed E-state index contributed by atoms with van der Waals surface area (Å²) in [6.45, 7) is 3.60. The lowest BCUT2D eigenvalue weighted by molar-refractivity contribution is -0.660. The van der Waals surface area contributed by atoms with Crippen LogP contribution in [0.25, 0.3) is 16.7 Å². The summed E-state index contributed by atoms with van der Waals surface area (Å²) in [5.74, 6) is -0.521. The number of pyridine rings is 2. The second-order valence-electron chi connectivity index (χ2n) is 5.58. The number of anilines is 1. The molecule has 0 saturated carbocycles. The molecule has 0 aliphatic rings. The number of fused-ring (bicyclic) bond motifs is 2. The van der Waals surface area contributed by atoms with Gasteiger partial charge in [0.15, 0.2) is 0 Å². The summed E-state index contributed by atoms with van der Waals surface area (Å²) in [5.41, 5.74) is 7.50. The zero-order valence-electron chi connectivity index (χ0n) is 14.0. The van der Waals surface area contributed by atoms with Crippen molar-refractivity contribution in [2.45, 2.75) is 20.4 Å². The van der Waals surface area contributed by atoms with Crippen molar-refractivity contribution in [3.05, 3.63) is 45.9 Å². The quantitative estimate of drug-likeness (QED) is 0.398. The minimum atomic E-state index is -0.623. The fourth-order valence-electron chi connectivity index (χ4n) is 2.81. The number of nitrogens with two attached hydrogens (primary N) is 1. The third kappa shape index (κ3) is 2.70.